The molecule has 2 N–H and O–H groups in total. The summed E-state index contributed by atoms with van der Waals surface area (Å²) in [7, 11) is 0. The standard InChI is InChI=1S/C15H20N4O2/c1-11-3-2-4-12(7-11)17-14(20)10-18-9-13-8-16-5-6-19(13)15(18)21/h2-4,7,13,16H,5-6,8-10H2,1H3,(H,17,20). The van der Waals surface area contributed by atoms with Crippen LogP contribution in [0.3, 0.4) is 0 Å². The van der Waals surface area contributed by atoms with Gasteiger partial charge in [-0.15, -0.1) is 0 Å². The highest BCUT2D eigenvalue weighted by molar-refractivity contribution is 5.94. The van der Waals surface area contributed by atoms with E-state index < -0.39 is 0 Å². The molecule has 0 aromatic heterocycles. The van der Waals surface area contributed by atoms with Gasteiger partial charge in [-0.05, 0) is 24.6 Å². The third-order valence-corrected chi connectivity index (χ3v) is 3.93. The number of aryl methyl sites for hydroxylation is 1. The fourth-order valence-electron chi connectivity index (χ4n) is 2.92. The SMILES string of the molecule is Cc1cccc(NC(=O)CN2CC3CNCCN3C2=O)c1. The largest absolute Gasteiger partial charge is 0.325 e. The molecular formula is C15H20N4O2. The van der Waals surface area contributed by atoms with E-state index in [1.54, 1.807) is 4.90 Å². The van der Waals surface area contributed by atoms with Crippen molar-refractivity contribution in [1.82, 2.24) is 15.1 Å². The van der Waals surface area contributed by atoms with Crippen LogP contribution in [0.1, 0.15) is 5.56 Å². The number of fused-ring (bicyclic) bond motifs is 1. The number of carbonyl (C=O) groups is 2. The second kappa shape index (κ2) is 5.73. The van der Waals surface area contributed by atoms with E-state index >= 15 is 0 Å². The van der Waals surface area contributed by atoms with Crippen LogP contribution in [0.4, 0.5) is 10.5 Å². The summed E-state index contributed by atoms with van der Waals surface area (Å²) >= 11 is 0. The van der Waals surface area contributed by atoms with Gasteiger partial charge in [-0.25, -0.2) is 4.79 Å². The molecule has 2 aliphatic heterocycles. The minimum atomic E-state index is -0.151. The van der Waals surface area contributed by atoms with Crippen molar-refractivity contribution >= 4 is 17.6 Å². The maximum Gasteiger partial charge on any atom is 0.320 e. The molecule has 0 aliphatic carbocycles. The van der Waals surface area contributed by atoms with E-state index in [0.29, 0.717) is 6.54 Å². The molecule has 3 rings (SSSR count). The zero-order valence-electron chi connectivity index (χ0n) is 12.1. The molecule has 2 fully saturated rings. The summed E-state index contributed by atoms with van der Waals surface area (Å²) in [5, 5.41) is 6.12. The number of hydrogen-bond acceptors (Lipinski definition) is 3. The van der Waals surface area contributed by atoms with E-state index in [9.17, 15) is 9.59 Å². The van der Waals surface area contributed by atoms with Crippen LogP contribution in [0.25, 0.3) is 0 Å². The van der Waals surface area contributed by atoms with Crippen molar-refractivity contribution in [3.05, 3.63) is 29.8 Å². The van der Waals surface area contributed by atoms with Gasteiger partial charge in [0.1, 0.15) is 6.54 Å². The first-order valence-electron chi connectivity index (χ1n) is 7.26. The van der Waals surface area contributed by atoms with Crippen LogP contribution in [0.15, 0.2) is 24.3 Å². The molecule has 6 heteroatoms. The smallest absolute Gasteiger partial charge is 0.320 e. The average molecular weight is 288 g/mol. The maximum atomic E-state index is 12.2. The molecule has 2 aliphatic rings. The van der Waals surface area contributed by atoms with Gasteiger partial charge in [-0.1, -0.05) is 12.1 Å². The third kappa shape index (κ3) is 3.00. The Balaban J connectivity index is 1.59. The Morgan fingerprint density at radius 2 is 2.33 bits per heavy atom. The molecule has 0 bridgehead atoms. The fourth-order valence-corrected chi connectivity index (χ4v) is 2.92. The molecule has 0 radical (unpaired) electrons. The van der Waals surface area contributed by atoms with Gasteiger partial charge in [0, 0.05) is 31.9 Å². The van der Waals surface area contributed by atoms with Crippen molar-refractivity contribution in [2.75, 3.05) is 38.0 Å². The highest BCUT2D eigenvalue weighted by Gasteiger charge is 2.38. The highest BCUT2D eigenvalue weighted by atomic mass is 16.2. The minimum absolute atomic E-state index is 0.0270. The van der Waals surface area contributed by atoms with Crippen molar-refractivity contribution < 1.29 is 9.59 Å². The van der Waals surface area contributed by atoms with Gasteiger partial charge >= 0.3 is 6.03 Å². The Hall–Kier alpha value is -2.08. The quantitative estimate of drug-likeness (QED) is 0.858. The van der Waals surface area contributed by atoms with Crippen LogP contribution >= 0.6 is 0 Å². The van der Waals surface area contributed by atoms with Crippen LogP contribution in [0, 0.1) is 6.92 Å². The van der Waals surface area contributed by atoms with Crippen molar-refractivity contribution in [3.63, 3.8) is 0 Å². The van der Waals surface area contributed by atoms with Gasteiger partial charge < -0.3 is 20.4 Å². The molecule has 6 nitrogen and oxygen atoms in total. The predicted molar refractivity (Wildman–Crippen MR) is 80.1 cm³/mol. The van der Waals surface area contributed by atoms with E-state index in [1.807, 2.05) is 36.1 Å². The van der Waals surface area contributed by atoms with Crippen molar-refractivity contribution in [3.8, 4) is 0 Å². The van der Waals surface area contributed by atoms with Gasteiger partial charge in [0.25, 0.3) is 0 Å². The summed E-state index contributed by atoms with van der Waals surface area (Å²) < 4.78 is 0. The maximum absolute atomic E-state index is 12.2. The lowest BCUT2D eigenvalue weighted by atomic mass is 10.2. The number of amides is 3. The van der Waals surface area contributed by atoms with Crippen LogP contribution in [0.2, 0.25) is 0 Å². The summed E-state index contributed by atoms with van der Waals surface area (Å²) in [6, 6.07) is 7.81. The van der Waals surface area contributed by atoms with E-state index in [2.05, 4.69) is 10.6 Å². The summed E-state index contributed by atoms with van der Waals surface area (Å²) in [5.74, 6) is -0.151. The van der Waals surface area contributed by atoms with Crippen LogP contribution < -0.4 is 10.6 Å². The number of nitrogens with zero attached hydrogens (tertiary/aromatic N) is 2. The number of hydrogen-bond donors (Lipinski definition) is 2. The Morgan fingerprint density at radius 3 is 3.10 bits per heavy atom. The third-order valence-electron chi connectivity index (χ3n) is 3.93. The Kier molecular flexibility index (Phi) is 3.79. The molecule has 2 heterocycles. The first kappa shape index (κ1) is 13.9. The molecule has 3 amide bonds. The van der Waals surface area contributed by atoms with E-state index in [0.717, 1.165) is 30.9 Å². The molecular weight excluding hydrogens is 268 g/mol. The molecule has 2 saturated heterocycles. The predicted octanol–water partition coefficient (Wildman–Crippen LogP) is 0.643. The van der Waals surface area contributed by atoms with Gasteiger partial charge in [-0.3, -0.25) is 4.79 Å². The summed E-state index contributed by atoms with van der Waals surface area (Å²) in [6.45, 7) is 5.06. The number of rotatable bonds is 3. The van der Waals surface area contributed by atoms with Crippen LogP contribution in [-0.2, 0) is 4.79 Å². The number of benzene rings is 1. The lowest BCUT2D eigenvalue weighted by molar-refractivity contribution is -0.116. The number of piperazine rings is 1. The zero-order chi connectivity index (χ0) is 14.8. The second-order valence-corrected chi connectivity index (χ2v) is 5.63. The molecule has 1 aromatic carbocycles. The van der Waals surface area contributed by atoms with Crippen LogP contribution in [0.5, 0.6) is 0 Å². The highest BCUT2D eigenvalue weighted by Crippen LogP contribution is 2.17. The van der Waals surface area contributed by atoms with Gasteiger partial charge in [0.15, 0.2) is 0 Å². The molecule has 0 saturated carbocycles. The Labute approximate surface area is 124 Å². The summed E-state index contributed by atoms with van der Waals surface area (Å²) in [5.41, 5.74) is 1.86. The first-order chi connectivity index (χ1) is 10.1. The summed E-state index contributed by atoms with van der Waals surface area (Å²) in [6.07, 6.45) is 0. The van der Waals surface area contributed by atoms with Gasteiger partial charge in [0.2, 0.25) is 5.91 Å². The van der Waals surface area contributed by atoms with E-state index in [4.69, 9.17) is 0 Å². The Bertz CT molecular complexity index is 560. The normalized spacial score (nSPS) is 21.4. The number of anilines is 1. The van der Waals surface area contributed by atoms with Crippen molar-refractivity contribution in [2.45, 2.75) is 13.0 Å². The van der Waals surface area contributed by atoms with Gasteiger partial charge in [0.05, 0.1) is 6.04 Å². The van der Waals surface area contributed by atoms with E-state index in [-0.39, 0.29) is 24.5 Å². The number of carbonyl (C=O) groups excluding carboxylic acids is 2. The van der Waals surface area contributed by atoms with E-state index in [1.165, 1.54) is 0 Å². The van der Waals surface area contributed by atoms with Gasteiger partial charge in [-0.2, -0.15) is 0 Å². The molecule has 1 atom stereocenters. The second-order valence-electron chi connectivity index (χ2n) is 5.63. The Morgan fingerprint density at radius 1 is 1.48 bits per heavy atom. The first-order valence-corrected chi connectivity index (χ1v) is 7.26. The minimum Gasteiger partial charge on any atom is -0.325 e. The lowest BCUT2D eigenvalue weighted by Crippen LogP contribution is -2.49. The lowest BCUT2D eigenvalue weighted by Gasteiger charge is -2.28. The number of nitrogens with one attached hydrogen (secondary N) is 2. The molecule has 21 heavy (non-hydrogen) atoms. The topological polar surface area (TPSA) is 64.7 Å². The fraction of sp³-hybridized carbons (Fsp3) is 0.467. The van der Waals surface area contributed by atoms with Crippen LogP contribution in [-0.4, -0.2) is 60.5 Å². The molecule has 0 spiro atoms. The average Bonchev–Trinajstić information content (AvgIpc) is 2.76. The summed E-state index contributed by atoms with van der Waals surface area (Å²) in [4.78, 5) is 27.8. The molecule has 1 unspecified atom stereocenters. The monoisotopic (exact) mass is 288 g/mol. The van der Waals surface area contributed by atoms with Crippen molar-refractivity contribution in [1.29, 1.82) is 0 Å². The number of urea groups is 1. The molecule has 112 valence electrons. The molecule has 1 aromatic rings. The zero-order valence-corrected chi connectivity index (χ0v) is 12.1. The van der Waals surface area contributed by atoms with Crippen molar-refractivity contribution in [2.24, 2.45) is 0 Å².